The second kappa shape index (κ2) is 9.68. The molecule has 0 bridgehead atoms. The molecule has 8 heteroatoms. The van der Waals surface area contributed by atoms with Gasteiger partial charge in [0, 0.05) is 11.1 Å². The predicted molar refractivity (Wildman–Crippen MR) is 123 cm³/mol. The second-order valence-electron chi connectivity index (χ2n) is 7.06. The molecule has 0 unspecified atom stereocenters. The Morgan fingerprint density at radius 2 is 1.33 bits per heavy atom. The van der Waals surface area contributed by atoms with Crippen molar-refractivity contribution < 1.29 is 38.0 Å². The summed E-state index contributed by atoms with van der Waals surface area (Å²) >= 11 is 0. The van der Waals surface area contributed by atoms with E-state index in [0.29, 0.717) is 44.9 Å². The molecular weight excluding hydrogens is 428 g/mol. The molecule has 0 aliphatic carbocycles. The first kappa shape index (κ1) is 23.7. The molecule has 0 saturated heterocycles. The molecule has 0 heterocycles. The molecule has 3 rings (SSSR count). The Kier molecular flexibility index (Phi) is 6.96. The highest BCUT2D eigenvalue weighted by atomic mass is 16.5. The molecule has 174 valence electrons. The van der Waals surface area contributed by atoms with Gasteiger partial charge in [-0.3, -0.25) is 0 Å². The lowest BCUT2D eigenvalue weighted by Gasteiger charge is -2.21. The maximum absolute atomic E-state index is 13.0. The van der Waals surface area contributed by atoms with Crippen LogP contribution in [0.1, 0.15) is 26.3 Å². The maximum Gasteiger partial charge on any atom is 0.339 e. The molecule has 0 aliphatic heterocycles. The van der Waals surface area contributed by atoms with E-state index in [0.717, 1.165) is 5.56 Å². The summed E-state index contributed by atoms with van der Waals surface area (Å²) < 4.78 is 32.0. The van der Waals surface area contributed by atoms with Crippen LogP contribution < -0.4 is 18.9 Å². The number of methoxy groups -OCH3 is 6. The average molecular weight is 454 g/mol. The van der Waals surface area contributed by atoms with E-state index in [4.69, 9.17) is 28.4 Å². The van der Waals surface area contributed by atoms with E-state index in [1.807, 2.05) is 6.92 Å². The van der Waals surface area contributed by atoms with Crippen LogP contribution in [0.15, 0.2) is 30.3 Å². The van der Waals surface area contributed by atoms with Gasteiger partial charge >= 0.3 is 11.9 Å². The van der Waals surface area contributed by atoms with Gasteiger partial charge in [-0.2, -0.15) is 0 Å². The smallest absolute Gasteiger partial charge is 0.339 e. The van der Waals surface area contributed by atoms with Crippen molar-refractivity contribution in [2.75, 3.05) is 42.7 Å². The number of hydrogen-bond acceptors (Lipinski definition) is 8. The summed E-state index contributed by atoms with van der Waals surface area (Å²) in [6, 6.07) is 8.57. The van der Waals surface area contributed by atoms with Crippen molar-refractivity contribution in [1.82, 2.24) is 0 Å². The molecule has 0 amide bonds. The van der Waals surface area contributed by atoms with Gasteiger partial charge in [-0.1, -0.05) is 6.07 Å². The van der Waals surface area contributed by atoms with E-state index < -0.39 is 11.9 Å². The topological polar surface area (TPSA) is 89.5 Å². The zero-order valence-corrected chi connectivity index (χ0v) is 19.7. The Morgan fingerprint density at radius 1 is 0.697 bits per heavy atom. The Bertz CT molecular complexity index is 1230. The summed E-state index contributed by atoms with van der Waals surface area (Å²) in [6.07, 6.45) is 0. The van der Waals surface area contributed by atoms with Crippen molar-refractivity contribution in [2.24, 2.45) is 0 Å². The van der Waals surface area contributed by atoms with Gasteiger partial charge in [0.05, 0.1) is 53.8 Å². The van der Waals surface area contributed by atoms with Crippen molar-refractivity contribution in [3.05, 3.63) is 47.0 Å². The summed E-state index contributed by atoms with van der Waals surface area (Å²) in [4.78, 5) is 25.8. The zero-order chi connectivity index (χ0) is 24.3. The van der Waals surface area contributed by atoms with E-state index in [1.54, 1.807) is 30.3 Å². The second-order valence-corrected chi connectivity index (χ2v) is 7.06. The maximum atomic E-state index is 13.0. The minimum Gasteiger partial charge on any atom is -0.493 e. The van der Waals surface area contributed by atoms with E-state index in [-0.39, 0.29) is 11.1 Å². The number of fused-ring (bicyclic) bond motifs is 1. The van der Waals surface area contributed by atoms with Gasteiger partial charge in [-0.25, -0.2) is 9.59 Å². The first-order valence-corrected chi connectivity index (χ1v) is 9.98. The lowest BCUT2D eigenvalue weighted by molar-refractivity contribution is 0.0556. The molecule has 0 atom stereocenters. The minimum absolute atomic E-state index is 0.0632. The van der Waals surface area contributed by atoms with Crippen LogP contribution in [0.4, 0.5) is 0 Å². The minimum atomic E-state index is -0.684. The highest BCUT2D eigenvalue weighted by Gasteiger charge is 2.28. The van der Waals surface area contributed by atoms with Crippen molar-refractivity contribution in [3.63, 3.8) is 0 Å². The summed E-state index contributed by atoms with van der Waals surface area (Å²) in [5, 5.41) is 1.34. The van der Waals surface area contributed by atoms with Crippen molar-refractivity contribution in [1.29, 1.82) is 0 Å². The molecule has 33 heavy (non-hydrogen) atoms. The van der Waals surface area contributed by atoms with Crippen LogP contribution in [0.3, 0.4) is 0 Å². The van der Waals surface area contributed by atoms with Crippen LogP contribution in [-0.4, -0.2) is 54.6 Å². The molecule has 0 N–H and O–H groups in total. The van der Waals surface area contributed by atoms with Gasteiger partial charge in [0.1, 0.15) is 0 Å². The molecular formula is C25H26O8. The number of benzene rings is 3. The summed E-state index contributed by atoms with van der Waals surface area (Å²) in [7, 11) is 8.63. The third kappa shape index (κ3) is 4.00. The van der Waals surface area contributed by atoms with Gasteiger partial charge in [0.15, 0.2) is 23.0 Å². The highest BCUT2D eigenvalue weighted by Crippen LogP contribution is 2.45. The number of ether oxygens (including phenoxy) is 6. The first-order valence-electron chi connectivity index (χ1n) is 9.98. The third-order valence-electron chi connectivity index (χ3n) is 5.47. The Hall–Kier alpha value is -3.94. The predicted octanol–water partition coefficient (Wildman–Crippen LogP) is 4.42. The fourth-order valence-electron chi connectivity index (χ4n) is 4.00. The summed E-state index contributed by atoms with van der Waals surface area (Å²) in [6.45, 7) is 1.85. The van der Waals surface area contributed by atoms with Crippen LogP contribution in [0, 0.1) is 6.92 Å². The number of rotatable bonds is 7. The number of hydrogen-bond donors (Lipinski definition) is 0. The molecule has 0 fully saturated rings. The number of carbonyl (C=O) groups is 2. The fourth-order valence-corrected chi connectivity index (χ4v) is 4.00. The normalized spacial score (nSPS) is 10.5. The number of carbonyl (C=O) groups excluding carboxylic acids is 2. The molecule has 3 aromatic rings. The number of aryl methyl sites for hydroxylation is 1. The molecule has 0 spiro atoms. The van der Waals surface area contributed by atoms with Crippen molar-refractivity contribution in [2.45, 2.75) is 6.92 Å². The van der Waals surface area contributed by atoms with Crippen LogP contribution in [0.2, 0.25) is 0 Å². The van der Waals surface area contributed by atoms with E-state index >= 15 is 0 Å². The highest BCUT2D eigenvalue weighted by molar-refractivity contribution is 6.16. The Labute approximate surface area is 191 Å². The lowest BCUT2D eigenvalue weighted by atomic mass is 9.87. The number of esters is 2. The summed E-state index contributed by atoms with van der Waals surface area (Å²) in [5.41, 5.74) is 1.93. The van der Waals surface area contributed by atoms with Gasteiger partial charge in [-0.05, 0) is 47.5 Å². The van der Waals surface area contributed by atoms with Crippen LogP contribution in [-0.2, 0) is 9.47 Å². The monoisotopic (exact) mass is 454 g/mol. The quantitative estimate of drug-likeness (QED) is 0.485. The zero-order valence-electron chi connectivity index (χ0n) is 19.7. The van der Waals surface area contributed by atoms with E-state index in [9.17, 15) is 9.59 Å². The van der Waals surface area contributed by atoms with Crippen LogP contribution >= 0.6 is 0 Å². The van der Waals surface area contributed by atoms with Gasteiger partial charge < -0.3 is 28.4 Å². The summed E-state index contributed by atoms with van der Waals surface area (Å²) in [5.74, 6) is 0.615. The Balaban J connectivity index is 2.61. The molecule has 0 saturated carbocycles. The van der Waals surface area contributed by atoms with Crippen molar-refractivity contribution >= 4 is 22.7 Å². The molecule has 8 nitrogen and oxygen atoms in total. The SMILES string of the molecule is COC(=O)c1cc2cc(OC)c(OC)c(C)c2c(-c2ccc(OC)c(OC)c2)c1C(=O)OC. The van der Waals surface area contributed by atoms with Crippen LogP contribution in [0.25, 0.3) is 21.9 Å². The standard InChI is InChI=1S/C25H26O8/c1-13-20-15(12-19(30-4)23(13)31-5)10-16(24(26)32-6)22(25(27)33-7)21(20)14-8-9-17(28-2)18(11-14)29-3/h8-12H,1-7H3. The average Bonchev–Trinajstić information content (AvgIpc) is 2.85. The van der Waals surface area contributed by atoms with E-state index in [1.165, 1.54) is 42.7 Å². The van der Waals surface area contributed by atoms with E-state index in [2.05, 4.69) is 0 Å². The molecule has 3 aromatic carbocycles. The van der Waals surface area contributed by atoms with Crippen LogP contribution in [0.5, 0.6) is 23.0 Å². The van der Waals surface area contributed by atoms with Gasteiger partial charge in [-0.15, -0.1) is 0 Å². The largest absolute Gasteiger partial charge is 0.493 e. The fraction of sp³-hybridized carbons (Fsp3) is 0.280. The van der Waals surface area contributed by atoms with Gasteiger partial charge in [0.25, 0.3) is 0 Å². The van der Waals surface area contributed by atoms with Crippen molar-refractivity contribution in [3.8, 4) is 34.1 Å². The Morgan fingerprint density at radius 3 is 1.88 bits per heavy atom. The third-order valence-corrected chi connectivity index (χ3v) is 5.47. The molecule has 0 radical (unpaired) electrons. The lowest BCUT2D eigenvalue weighted by Crippen LogP contribution is -2.14. The van der Waals surface area contributed by atoms with Gasteiger partial charge in [0.2, 0.25) is 0 Å². The molecule has 0 aromatic heterocycles. The first-order chi connectivity index (χ1) is 15.9. The molecule has 0 aliphatic rings.